The van der Waals surface area contributed by atoms with Crippen LogP contribution in [0.1, 0.15) is 26.3 Å². The number of ether oxygens (including phenoxy) is 1. The minimum atomic E-state index is -0.469. The van der Waals surface area contributed by atoms with Gasteiger partial charge in [-0.2, -0.15) is 0 Å². The Balaban J connectivity index is 2.90. The van der Waals surface area contributed by atoms with Gasteiger partial charge >= 0.3 is 127 Å². The average Bonchev–Trinajstić information content (AvgIpc) is 2.54. The third-order valence-electron chi connectivity index (χ3n) is 1.77. The number of nitrogens with zero attached hydrogens (tertiary/aromatic N) is 1. The molecule has 1 aromatic heterocycles. The molecule has 0 aliphatic rings. The van der Waals surface area contributed by atoms with Crippen molar-refractivity contribution in [1.82, 2.24) is 4.57 Å². The fourth-order valence-electron chi connectivity index (χ4n) is 1.13. The molecule has 0 spiro atoms. The van der Waals surface area contributed by atoms with Gasteiger partial charge in [-0.25, -0.2) is 0 Å². The van der Waals surface area contributed by atoms with E-state index in [1.54, 1.807) is 12.4 Å². The molecule has 0 aromatic carbocycles. The van der Waals surface area contributed by atoms with Crippen LogP contribution in [0.3, 0.4) is 0 Å². The molecule has 0 unspecified atom stereocenters. The molecular formula is C12H14INO2W. The molecule has 0 radical (unpaired) electrons. The molecule has 0 aliphatic carbocycles. The van der Waals surface area contributed by atoms with Gasteiger partial charge in [0.2, 0.25) is 0 Å². The average molecular weight is 515 g/mol. The van der Waals surface area contributed by atoms with Crippen molar-refractivity contribution >= 4 is 39.2 Å². The summed E-state index contributed by atoms with van der Waals surface area (Å²) in [5.41, 5.74) is 0.553. The van der Waals surface area contributed by atoms with Gasteiger partial charge in [0.15, 0.2) is 0 Å². The number of hydrogen-bond acceptors (Lipinski definition) is 2. The van der Waals surface area contributed by atoms with Crippen LogP contribution in [0.2, 0.25) is 0 Å². The van der Waals surface area contributed by atoms with Gasteiger partial charge in [-0.1, -0.05) is 0 Å². The first-order chi connectivity index (χ1) is 7.83. The van der Waals surface area contributed by atoms with Crippen LogP contribution in [0.4, 0.5) is 4.79 Å². The van der Waals surface area contributed by atoms with Crippen molar-refractivity contribution in [2.75, 3.05) is 0 Å². The number of halogens is 1. The van der Waals surface area contributed by atoms with E-state index in [-0.39, 0.29) is 6.09 Å². The molecule has 92 valence electrons. The molecule has 1 heterocycles. The predicted molar refractivity (Wildman–Crippen MR) is 73.9 cm³/mol. The number of carbonyl (C=O) groups is 1. The first kappa shape index (κ1) is 14.8. The van der Waals surface area contributed by atoms with E-state index in [9.17, 15) is 4.79 Å². The van der Waals surface area contributed by atoms with Gasteiger partial charge in [0.1, 0.15) is 0 Å². The Hall–Kier alpha value is -0.222. The summed E-state index contributed by atoms with van der Waals surface area (Å²) in [5, 5.41) is 0. The van der Waals surface area contributed by atoms with Gasteiger partial charge in [-0.15, -0.1) is 0 Å². The second kappa shape index (κ2) is 6.09. The quantitative estimate of drug-likeness (QED) is 0.568. The summed E-state index contributed by atoms with van der Waals surface area (Å²) in [7, 11) is 0. The molecule has 0 aliphatic heterocycles. The summed E-state index contributed by atoms with van der Waals surface area (Å²) in [4.78, 5) is 11.8. The van der Waals surface area contributed by atoms with E-state index in [2.05, 4.69) is 22.6 Å². The Bertz CT molecular complexity index is 458. The standard InChI is InChI=1S/C12H14INO2.W/c1-5-6-9-7-14(8-10(9)13)11(15)16-12(2,3)4;/h1,5-8H,2-4H3;/b6-5-;. The Morgan fingerprint density at radius 1 is 1.47 bits per heavy atom. The second-order valence-corrected chi connectivity index (χ2v) is 6.58. The molecule has 0 fully saturated rings. The number of allylic oxidation sites excluding steroid dienone is 1. The van der Waals surface area contributed by atoms with Crippen LogP contribution < -0.4 is 0 Å². The van der Waals surface area contributed by atoms with Crippen molar-refractivity contribution in [2.45, 2.75) is 26.4 Å². The fourth-order valence-corrected chi connectivity index (χ4v) is 2.03. The summed E-state index contributed by atoms with van der Waals surface area (Å²) in [6.07, 6.45) is 7.17. The Kier molecular flexibility index (Phi) is 5.32. The van der Waals surface area contributed by atoms with Gasteiger partial charge in [0.25, 0.3) is 0 Å². The monoisotopic (exact) mass is 515 g/mol. The van der Waals surface area contributed by atoms with Crippen molar-refractivity contribution in [3.63, 3.8) is 0 Å². The number of rotatable bonds is 2. The third kappa shape index (κ3) is 4.88. The molecule has 0 N–H and O–H groups in total. The van der Waals surface area contributed by atoms with Crippen molar-refractivity contribution in [2.24, 2.45) is 0 Å². The molecule has 17 heavy (non-hydrogen) atoms. The molecule has 0 bridgehead atoms. The Labute approximate surface area is 126 Å². The van der Waals surface area contributed by atoms with Gasteiger partial charge < -0.3 is 0 Å². The van der Waals surface area contributed by atoms with E-state index in [1.165, 1.54) is 23.9 Å². The minimum absolute atomic E-state index is 0.346. The summed E-state index contributed by atoms with van der Waals surface area (Å²) < 4.78 is 9.83. The van der Waals surface area contributed by atoms with Crippen LogP contribution in [0.5, 0.6) is 0 Å². The van der Waals surface area contributed by atoms with Crippen LogP contribution in [-0.4, -0.2) is 20.7 Å². The molecule has 1 aromatic rings. The van der Waals surface area contributed by atoms with Crippen molar-refractivity contribution in [3.05, 3.63) is 27.6 Å². The van der Waals surface area contributed by atoms with E-state index in [0.717, 1.165) is 9.13 Å². The summed E-state index contributed by atoms with van der Waals surface area (Å²) in [6.45, 7) is 5.57. The maximum absolute atomic E-state index is 11.8. The Morgan fingerprint density at radius 2 is 2.12 bits per heavy atom. The molecule has 0 saturated heterocycles. The van der Waals surface area contributed by atoms with Crippen LogP contribution in [0, 0.1) is 3.57 Å². The summed E-state index contributed by atoms with van der Waals surface area (Å²) >= 11 is 3.61. The van der Waals surface area contributed by atoms with Crippen molar-refractivity contribution in [1.29, 1.82) is 0 Å². The number of aromatic nitrogens is 1. The number of hydrogen-bond donors (Lipinski definition) is 0. The first-order valence-electron chi connectivity index (χ1n) is 5.06. The van der Waals surface area contributed by atoms with Gasteiger partial charge in [0, 0.05) is 0 Å². The fraction of sp³-hybridized carbons (Fsp3) is 0.333. The van der Waals surface area contributed by atoms with E-state index in [4.69, 9.17) is 4.74 Å². The third-order valence-corrected chi connectivity index (χ3v) is 3.23. The van der Waals surface area contributed by atoms with Gasteiger partial charge in [-0.05, 0) is 0 Å². The van der Waals surface area contributed by atoms with Crippen LogP contribution in [-0.2, 0) is 24.1 Å². The Morgan fingerprint density at radius 3 is 2.65 bits per heavy atom. The molecule has 0 saturated carbocycles. The topological polar surface area (TPSA) is 31.2 Å². The molecular weight excluding hydrogens is 501 g/mol. The van der Waals surface area contributed by atoms with E-state index >= 15 is 0 Å². The number of carbonyl (C=O) groups excluding carboxylic acids is 1. The van der Waals surface area contributed by atoms with Crippen LogP contribution in [0.25, 0.3) is 6.08 Å². The van der Waals surface area contributed by atoms with Crippen molar-refractivity contribution in [3.8, 4) is 0 Å². The van der Waals surface area contributed by atoms with E-state index < -0.39 is 5.60 Å². The van der Waals surface area contributed by atoms with Crippen LogP contribution >= 0.6 is 22.6 Å². The second-order valence-electron chi connectivity index (χ2n) is 4.44. The normalized spacial score (nSPS) is 11.8. The summed E-state index contributed by atoms with van der Waals surface area (Å²) in [5.74, 6) is 0. The molecule has 1 rings (SSSR count). The molecule has 0 atom stereocenters. The SMILES string of the molecule is CC(C)(C)OC(=O)n1cc(I)c(/C=C\[CH]=[W])c1. The zero-order valence-corrected chi connectivity index (χ0v) is 15.0. The van der Waals surface area contributed by atoms with E-state index in [0.29, 0.717) is 0 Å². The maximum atomic E-state index is 11.8. The van der Waals surface area contributed by atoms with Crippen molar-refractivity contribution < 1.29 is 28.9 Å². The molecule has 5 heteroatoms. The van der Waals surface area contributed by atoms with E-state index in [1.807, 2.05) is 37.3 Å². The van der Waals surface area contributed by atoms with Crippen LogP contribution in [0.15, 0.2) is 18.5 Å². The molecule has 0 amide bonds. The zero-order chi connectivity index (χ0) is 13.1. The molecule has 3 nitrogen and oxygen atoms in total. The van der Waals surface area contributed by atoms with Gasteiger partial charge in [0.05, 0.1) is 0 Å². The summed E-state index contributed by atoms with van der Waals surface area (Å²) in [6, 6.07) is 0. The van der Waals surface area contributed by atoms with Gasteiger partial charge in [-0.3, -0.25) is 0 Å². The predicted octanol–water partition coefficient (Wildman–Crippen LogP) is 3.24. The first-order valence-corrected chi connectivity index (χ1v) is 7.83. The zero-order valence-electron chi connectivity index (χ0n) is 9.94.